The Balaban J connectivity index is 2.25. The van der Waals surface area contributed by atoms with Crippen LogP contribution < -0.4 is 0 Å². The summed E-state index contributed by atoms with van der Waals surface area (Å²) in [6.45, 7) is 5.78. The molecule has 2 aromatic carbocycles. The molecule has 0 radical (unpaired) electrons. The smallest absolute Gasteiger partial charge is 0.199 e. The highest BCUT2D eigenvalue weighted by Crippen LogP contribution is 2.30. The van der Waals surface area contributed by atoms with Crippen LogP contribution >= 0.6 is 0 Å². The summed E-state index contributed by atoms with van der Waals surface area (Å²) in [6, 6.07) is 12.9. The van der Waals surface area contributed by atoms with Crippen molar-refractivity contribution >= 4 is 15.7 Å². The van der Waals surface area contributed by atoms with Gasteiger partial charge in [-0.1, -0.05) is 48.0 Å². The predicted octanol–water partition coefficient (Wildman–Crippen LogP) is 3.26. The minimum absolute atomic E-state index is 0.283. The summed E-state index contributed by atoms with van der Waals surface area (Å²) in [7, 11) is -3.58. The van der Waals surface area contributed by atoms with Gasteiger partial charge in [0.2, 0.25) is 0 Å². The molecule has 0 atom stereocenters. The first-order chi connectivity index (χ1) is 10.0. The second kappa shape index (κ2) is 4.97. The number of allylic oxidation sites excluding steroid dienone is 1. The zero-order valence-corrected chi connectivity index (χ0v) is 12.5. The van der Waals surface area contributed by atoms with Crippen LogP contribution in [0, 0.1) is 6.92 Å². The molecule has 3 rings (SSSR count). The van der Waals surface area contributed by atoms with Gasteiger partial charge < -0.3 is 0 Å². The molecule has 1 aliphatic heterocycles. The lowest BCUT2D eigenvalue weighted by Crippen LogP contribution is -2.05. The Morgan fingerprint density at radius 1 is 1.14 bits per heavy atom. The fraction of sp³-hybridized carbons (Fsp3) is 0.118. The minimum atomic E-state index is -3.58. The van der Waals surface area contributed by atoms with Crippen molar-refractivity contribution < 1.29 is 8.42 Å². The Kier molecular flexibility index (Phi) is 3.26. The van der Waals surface area contributed by atoms with Crippen LogP contribution in [0.25, 0.3) is 0 Å². The highest BCUT2D eigenvalue weighted by Gasteiger charge is 2.29. The Hall–Kier alpha value is -2.20. The van der Waals surface area contributed by atoms with E-state index in [1.165, 1.54) is 0 Å². The van der Waals surface area contributed by atoms with Gasteiger partial charge in [0.25, 0.3) is 10.0 Å². The number of hydrogen-bond acceptors (Lipinski definition) is 2. The highest BCUT2D eigenvalue weighted by atomic mass is 32.2. The van der Waals surface area contributed by atoms with E-state index in [9.17, 15) is 8.42 Å². The van der Waals surface area contributed by atoms with Gasteiger partial charge in [-0.05, 0) is 25.0 Å². The average Bonchev–Trinajstić information content (AvgIpc) is 2.72. The van der Waals surface area contributed by atoms with Gasteiger partial charge >= 0.3 is 0 Å². The largest absolute Gasteiger partial charge is 0.283 e. The topological polar surface area (TPSA) is 46.5 Å². The van der Waals surface area contributed by atoms with Crippen molar-refractivity contribution in [1.82, 2.24) is 0 Å². The van der Waals surface area contributed by atoms with Crippen LogP contribution in [0.4, 0.5) is 0 Å². The van der Waals surface area contributed by atoms with Gasteiger partial charge in [-0.15, -0.1) is 6.58 Å². The van der Waals surface area contributed by atoms with Gasteiger partial charge in [0.1, 0.15) is 0 Å². The van der Waals surface area contributed by atoms with E-state index in [4.69, 9.17) is 0 Å². The molecule has 0 N–H and O–H groups in total. The summed E-state index contributed by atoms with van der Waals surface area (Å²) in [6.07, 6.45) is 2.49. The lowest BCUT2D eigenvalue weighted by Gasteiger charge is -2.09. The van der Waals surface area contributed by atoms with Crippen molar-refractivity contribution in [2.45, 2.75) is 18.2 Å². The SMILES string of the molecule is C=CCc1cc(C)ccc1C1=NS(=O)(=O)c2ccccc21. The Morgan fingerprint density at radius 2 is 1.90 bits per heavy atom. The maximum atomic E-state index is 12.2. The van der Waals surface area contributed by atoms with Crippen LogP contribution in [0.5, 0.6) is 0 Å². The van der Waals surface area contributed by atoms with Gasteiger partial charge in [-0.25, -0.2) is 0 Å². The third-order valence-electron chi connectivity index (χ3n) is 3.51. The van der Waals surface area contributed by atoms with E-state index in [0.29, 0.717) is 17.7 Å². The van der Waals surface area contributed by atoms with E-state index in [1.54, 1.807) is 18.2 Å². The van der Waals surface area contributed by atoms with E-state index in [1.807, 2.05) is 37.3 Å². The molecule has 4 heteroatoms. The van der Waals surface area contributed by atoms with Crippen LogP contribution in [-0.2, 0) is 16.4 Å². The number of fused-ring (bicyclic) bond motifs is 1. The minimum Gasteiger partial charge on any atom is -0.199 e. The van der Waals surface area contributed by atoms with Crippen molar-refractivity contribution in [2.75, 3.05) is 0 Å². The second-order valence-corrected chi connectivity index (χ2v) is 6.64. The summed E-state index contributed by atoms with van der Waals surface area (Å²) in [5.41, 5.74) is 4.23. The molecule has 0 aliphatic carbocycles. The first kappa shape index (κ1) is 13.8. The van der Waals surface area contributed by atoms with Gasteiger partial charge in [0, 0.05) is 11.1 Å². The molecule has 1 heterocycles. The van der Waals surface area contributed by atoms with Crippen molar-refractivity contribution in [1.29, 1.82) is 0 Å². The van der Waals surface area contributed by atoms with Crippen molar-refractivity contribution in [2.24, 2.45) is 4.40 Å². The summed E-state index contributed by atoms with van der Waals surface area (Å²) in [5, 5.41) is 0. The number of benzene rings is 2. The van der Waals surface area contributed by atoms with Crippen molar-refractivity contribution in [3.05, 3.63) is 77.4 Å². The lowest BCUT2D eigenvalue weighted by molar-refractivity contribution is 0.599. The second-order valence-electron chi connectivity index (χ2n) is 5.06. The summed E-state index contributed by atoms with van der Waals surface area (Å²) < 4.78 is 28.3. The van der Waals surface area contributed by atoms with E-state index >= 15 is 0 Å². The molecular weight excluding hydrogens is 282 g/mol. The average molecular weight is 297 g/mol. The van der Waals surface area contributed by atoms with Crippen molar-refractivity contribution in [3.63, 3.8) is 0 Å². The van der Waals surface area contributed by atoms with Crippen LogP contribution in [0.2, 0.25) is 0 Å². The fourth-order valence-corrected chi connectivity index (χ4v) is 3.81. The van der Waals surface area contributed by atoms with E-state index in [2.05, 4.69) is 11.0 Å². The summed E-state index contributed by atoms with van der Waals surface area (Å²) in [4.78, 5) is 0.283. The molecule has 0 aromatic heterocycles. The first-order valence-electron chi connectivity index (χ1n) is 6.68. The van der Waals surface area contributed by atoms with Gasteiger partial charge in [-0.3, -0.25) is 0 Å². The molecule has 3 nitrogen and oxygen atoms in total. The van der Waals surface area contributed by atoms with Crippen LogP contribution in [-0.4, -0.2) is 14.1 Å². The normalized spacial score (nSPS) is 15.4. The molecule has 1 aliphatic rings. The molecule has 0 unspecified atom stereocenters. The van der Waals surface area contributed by atoms with Crippen LogP contribution in [0.3, 0.4) is 0 Å². The molecule has 0 saturated heterocycles. The Morgan fingerprint density at radius 3 is 2.67 bits per heavy atom. The van der Waals surface area contributed by atoms with E-state index < -0.39 is 10.0 Å². The zero-order chi connectivity index (χ0) is 15.0. The monoisotopic (exact) mass is 297 g/mol. The third kappa shape index (κ3) is 2.32. The number of hydrogen-bond donors (Lipinski definition) is 0. The van der Waals surface area contributed by atoms with E-state index in [-0.39, 0.29) is 4.90 Å². The fourth-order valence-electron chi connectivity index (χ4n) is 2.58. The van der Waals surface area contributed by atoms with E-state index in [0.717, 1.165) is 16.7 Å². The maximum Gasteiger partial charge on any atom is 0.283 e. The molecule has 2 aromatic rings. The Labute approximate surface area is 124 Å². The number of sulfonamides is 1. The lowest BCUT2D eigenvalue weighted by atomic mass is 9.94. The number of nitrogens with zero attached hydrogens (tertiary/aromatic N) is 1. The standard InChI is InChI=1S/C17H15NO2S/c1-3-6-13-11-12(2)9-10-14(13)17-15-7-4-5-8-16(15)21(19,20)18-17/h3-5,7-11H,1,6H2,2H3. The van der Waals surface area contributed by atoms with Crippen LogP contribution in [0.1, 0.15) is 22.3 Å². The van der Waals surface area contributed by atoms with Crippen molar-refractivity contribution in [3.8, 4) is 0 Å². The molecule has 0 bridgehead atoms. The third-order valence-corrected chi connectivity index (χ3v) is 4.85. The predicted molar refractivity (Wildman–Crippen MR) is 84.3 cm³/mol. The molecular formula is C17H15NO2S. The summed E-state index contributed by atoms with van der Waals surface area (Å²) >= 11 is 0. The van der Waals surface area contributed by atoms with Gasteiger partial charge in [-0.2, -0.15) is 12.8 Å². The molecule has 0 amide bonds. The van der Waals surface area contributed by atoms with Gasteiger partial charge in [0.15, 0.2) is 0 Å². The van der Waals surface area contributed by atoms with Gasteiger partial charge in [0.05, 0.1) is 10.6 Å². The molecule has 0 saturated carbocycles. The quantitative estimate of drug-likeness (QED) is 0.816. The van der Waals surface area contributed by atoms with Crippen LogP contribution in [0.15, 0.2) is 64.4 Å². The Bertz CT molecular complexity index is 864. The molecule has 0 fully saturated rings. The maximum absolute atomic E-state index is 12.2. The number of aryl methyl sites for hydroxylation is 1. The molecule has 21 heavy (non-hydrogen) atoms. The highest BCUT2D eigenvalue weighted by molar-refractivity contribution is 7.90. The first-order valence-corrected chi connectivity index (χ1v) is 8.12. The molecule has 106 valence electrons. The molecule has 0 spiro atoms. The summed E-state index contributed by atoms with van der Waals surface area (Å²) in [5.74, 6) is 0. The zero-order valence-electron chi connectivity index (χ0n) is 11.7. The number of rotatable bonds is 3.